The van der Waals surface area contributed by atoms with Crippen LogP contribution in [0.2, 0.25) is 5.02 Å². The van der Waals surface area contributed by atoms with Crippen LogP contribution in [0, 0.1) is 5.92 Å². The number of halogens is 1. The lowest BCUT2D eigenvalue weighted by Gasteiger charge is -2.14. The Hall–Kier alpha value is -1.28. The first-order chi connectivity index (χ1) is 9.67. The summed E-state index contributed by atoms with van der Waals surface area (Å²) in [6.07, 6.45) is 8.02. The van der Waals surface area contributed by atoms with Crippen molar-refractivity contribution in [1.82, 2.24) is 5.32 Å². The van der Waals surface area contributed by atoms with Crippen molar-refractivity contribution in [3.05, 3.63) is 40.9 Å². The Morgan fingerprint density at radius 1 is 1.35 bits per heavy atom. The number of hydrogen-bond donors (Lipinski definition) is 1. The molecular weight excluding hydrogens is 270 g/mol. The Bertz CT molecular complexity index is 442. The molecule has 0 bridgehead atoms. The molecular formula is C17H24ClNO. The van der Waals surface area contributed by atoms with E-state index in [4.69, 9.17) is 11.6 Å². The highest BCUT2D eigenvalue weighted by molar-refractivity contribution is 6.32. The standard InChI is InChI=1S/C17H24ClNO/c1-3-5-8-14(4-2)13-19-17(20)12-11-15-9-6-7-10-16(15)18/h6-7,9-12,14H,3-5,8,13H2,1-2H3,(H,19,20)/b12-11+/t14-/m1/s1. The van der Waals surface area contributed by atoms with Crippen LogP contribution >= 0.6 is 11.6 Å². The highest BCUT2D eigenvalue weighted by atomic mass is 35.5. The molecule has 1 aromatic rings. The smallest absolute Gasteiger partial charge is 0.244 e. The van der Waals surface area contributed by atoms with Gasteiger partial charge in [0.25, 0.3) is 0 Å². The van der Waals surface area contributed by atoms with Gasteiger partial charge in [0.2, 0.25) is 5.91 Å². The van der Waals surface area contributed by atoms with Crippen LogP contribution in [0.15, 0.2) is 30.3 Å². The SMILES string of the molecule is CCCC[C@@H](CC)CNC(=O)/C=C/c1ccccc1Cl. The molecule has 3 heteroatoms. The molecule has 0 aliphatic carbocycles. The second kappa shape index (κ2) is 9.60. The molecule has 2 nitrogen and oxygen atoms in total. The topological polar surface area (TPSA) is 29.1 Å². The molecule has 1 amide bonds. The van der Waals surface area contributed by atoms with Gasteiger partial charge >= 0.3 is 0 Å². The van der Waals surface area contributed by atoms with Gasteiger partial charge in [-0.3, -0.25) is 4.79 Å². The average molecular weight is 294 g/mol. The fourth-order valence-corrected chi connectivity index (χ4v) is 2.22. The molecule has 0 spiro atoms. The lowest BCUT2D eigenvalue weighted by molar-refractivity contribution is -0.116. The lowest BCUT2D eigenvalue weighted by Crippen LogP contribution is -2.27. The lowest BCUT2D eigenvalue weighted by atomic mass is 9.99. The van der Waals surface area contributed by atoms with Crippen molar-refractivity contribution in [2.45, 2.75) is 39.5 Å². The minimum absolute atomic E-state index is 0.0557. The van der Waals surface area contributed by atoms with Gasteiger partial charge in [-0.25, -0.2) is 0 Å². The summed E-state index contributed by atoms with van der Waals surface area (Å²) in [6, 6.07) is 7.49. The van der Waals surface area contributed by atoms with Crippen molar-refractivity contribution in [1.29, 1.82) is 0 Å². The third-order valence-corrected chi connectivity index (χ3v) is 3.77. The molecule has 0 saturated carbocycles. The van der Waals surface area contributed by atoms with Crippen molar-refractivity contribution in [3.63, 3.8) is 0 Å². The summed E-state index contributed by atoms with van der Waals surface area (Å²) in [5, 5.41) is 3.62. The van der Waals surface area contributed by atoms with E-state index in [2.05, 4.69) is 19.2 Å². The van der Waals surface area contributed by atoms with E-state index in [1.807, 2.05) is 24.3 Å². The van der Waals surface area contributed by atoms with Crippen LogP contribution < -0.4 is 5.32 Å². The van der Waals surface area contributed by atoms with Crippen molar-refractivity contribution in [3.8, 4) is 0 Å². The molecule has 0 aliphatic heterocycles. The Balaban J connectivity index is 2.41. The van der Waals surface area contributed by atoms with Gasteiger partial charge in [0.05, 0.1) is 0 Å². The van der Waals surface area contributed by atoms with E-state index in [1.54, 1.807) is 12.2 Å². The summed E-state index contributed by atoms with van der Waals surface area (Å²) in [5.74, 6) is 0.521. The molecule has 20 heavy (non-hydrogen) atoms. The zero-order valence-corrected chi connectivity index (χ0v) is 13.1. The Morgan fingerprint density at radius 3 is 2.75 bits per heavy atom. The zero-order chi connectivity index (χ0) is 14.8. The van der Waals surface area contributed by atoms with Crippen LogP contribution in [0.1, 0.15) is 45.1 Å². The molecule has 0 aromatic heterocycles. The quantitative estimate of drug-likeness (QED) is 0.692. The maximum absolute atomic E-state index is 11.8. The Kier molecular flexibility index (Phi) is 8.05. The number of carbonyl (C=O) groups excluding carboxylic acids is 1. The van der Waals surface area contributed by atoms with Gasteiger partial charge in [0.1, 0.15) is 0 Å². The third kappa shape index (κ3) is 6.25. The predicted molar refractivity (Wildman–Crippen MR) is 86.8 cm³/mol. The molecule has 110 valence electrons. The summed E-state index contributed by atoms with van der Waals surface area (Å²) in [5.41, 5.74) is 0.863. The number of carbonyl (C=O) groups is 1. The van der Waals surface area contributed by atoms with Crippen LogP contribution in [-0.2, 0) is 4.79 Å². The van der Waals surface area contributed by atoms with Crippen LogP contribution in [0.25, 0.3) is 6.08 Å². The summed E-state index contributed by atoms with van der Waals surface area (Å²) in [7, 11) is 0. The van der Waals surface area contributed by atoms with E-state index < -0.39 is 0 Å². The van der Waals surface area contributed by atoms with Crippen LogP contribution in [0.3, 0.4) is 0 Å². The maximum atomic E-state index is 11.8. The average Bonchev–Trinajstić information content (AvgIpc) is 2.46. The van der Waals surface area contributed by atoms with Gasteiger partial charge < -0.3 is 5.32 Å². The molecule has 0 fully saturated rings. The number of rotatable bonds is 8. The predicted octanol–water partition coefficient (Wildman–Crippen LogP) is 4.69. The van der Waals surface area contributed by atoms with Crippen LogP contribution in [-0.4, -0.2) is 12.5 Å². The fourth-order valence-electron chi connectivity index (χ4n) is 2.02. The minimum atomic E-state index is -0.0557. The van der Waals surface area contributed by atoms with Gasteiger partial charge in [-0.05, 0) is 30.0 Å². The molecule has 1 aromatic carbocycles. The fraction of sp³-hybridized carbons (Fsp3) is 0.471. The van der Waals surface area contributed by atoms with Crippen LogP contribution in [0.4, 0.5) is 0 Å². The molecule has 0 aliphatic rings. The summed E-state index contributed by atoms with van der Waals surface area (Å²) in [6.45, 7) is 5.12. The first kappa shape index (κ1) is 16.8. The third-order valence-electron chi connectivity index (χ3n) is 3.43. The van der Waals surface area contributed by atoms with Gasteiger partial charge in [-0.15, -0.1) is 0 Å². The van der Waals surface area contributed by atoms with E-state index in [9.17, 15) is 4.79 Å². The highest BCUT2D eigenvalue weighted by Crippen LogP contribution is 2.16. The first-order valence-electron chi connectivity index (χ1n) is 7.37. The Morgan fingerprint density at radius 2 is 2.10 bits per heavy atom. The van der Waals surface area contributed by atoms with Crippen molar-refractivity contribution in [2.75, 3.05) is 6.54 Å². The number of unbranched alkanes of at least 4 members (excludes halogenated alkanes) is 1. The van der Waals surface area contributed by atoms with E-state index >= 15 is 0 Å². The van der Waals surface area contributed by atoms with Crippen molar-refractivity contribution < 1.29 is 4.79 Å². The van der Waals surface area contributed by atoms with E-state index in [0.29, 0.717) is 10.9 Å². The maximum Gasteiger partial charge on any atom is 0.244 e. The molecule has 0 saturated heterocycles. The number of amides is 1. The first-order valence-corrected chi connectivity index (χ1v) is 7.75. The summed E-state index contributed by atoms with van der Waals surface area (Å²) < 4.78 is 0. The highest BCUT2D eigenvalue weighted by Gasteiger charge is 2.06. The normalized spacial score (nSPS) is 12.6. The van der Waals surface area contributed by atoms with Gasteiger partial charge in [-0.2, -0.15) is 0 Å². The number of benzene rings is 1. The van der Waals surface area contributed by atoms with E-state index in [-0.39, 0.29) is 5.91 Å². The molecule has 0 radical (unpaired) electrons. The van der Waals surface area contributed by atoms with E-state index in [0.717, 1.165) is 18.5 Å². The van der Waals surface area contributed by atoms with Crippen molar-refractivity contribution in [2.24, 2.45) is 5.92 Å². The molecule has 1 rings (SSSR count). The second-order valence-electron chi connectivity index (χ2n) is 5.02. The monoisotopic (exact) mass is 293 g/mol. The molecule has 1 N–H and O–H groups in total. The van der Waals surface area contributed by atoms with E-state index in [1.165, 1.54) is 19.3 Å². The van der Waals surface area contributed by atoms with Gasteiger partial charge in [-0.1, -0.05) is 62.9 Å². The second-order valence-corrected chi connectivity index (χ2v) is 5.42. The number of nitrogens with one attached hydrogen (secondary N) is 1. The molecule has 0 heterocycles. The van der Waals surface area contributed by atoms with Gasteiger partial charge in [0, 0.05) is 17.6 Å². The van der Waals surface area contributed by atoms with Gasteiger partial charge in [0.15, 0.2) is 0 Å². The van der Waals surface area contributed by atoms with Crippen molar-refractivity contribution >= 4 is 23.6 Å². The summed E-state index contributed by atoms with van der Waals surface area (Å²) in [4.78, 5) is 11.8. The Labute approximate surface area is 127 Å². The largest absolute Gasteiger partial charge is 0.352 e. The summed E-state index contributed by atoms with van der Waals surface area (Å²) >= 11 is 6.03. The molecule has 1 atom stereocenters. The molecule has 0 unspecified atom stereocenters. The zero-order valence-electron chi connectivity index (χ0n) is 12.4. The minimum Gasteiger partial charge on any atom is -0.352 e. The number of hydrogen-bond acceptors (Lipinski definition) is 1. The van der Waals surface area contributed by atoms with Crippen LogP contribution in [0.5, 0.6) is 0 Å².